The summed E-state index contributed by atoms with van der Waals surface area (Å²) in [6.45, 7) is 0. The minimum Gasteiger partial charge on any atom is -0.496 e. The standard InChI is InChI=1S/C15H12ClNO3/c1-20-14-6-5-10(16)8-12(14)13(15(18)19)9-11-4-2-3-7-17-11/h2-9H,1H3,(H,18,19)/b13-9-. The van der Waals surface area contributed by atoms with E-state index in [1.165, 1.54) is 13.2 Å². The SMILES string of the molecule is COc1ccc(Cl)cc1/C(=C/c1ccccn1)C(=O)O. The Balaban J connectivity index is 2.58. The van der Waals surface area contributed by atoms with Crippen molar-refractivity contribution in [1.29, 1.82) is 0 Å². The van der Waals surface area contributed by atoms with Crippen LogP contribution in [0.1, 0.15) is 11.3 Å². The quantitative estimate of drug-likeness (QED) is 0.877. The second-order valence-corrected chi connectivity index (χ2v) is 4.40. The molecule has 0 aliphatic heterocycles. The lowest BCUT2D eigenvalue weighted by Gasteiger charge is -2.09. The van der Waals surface area contributed by atoms with Gasteiger partial charge in [0, 0.05) is 16.8 Å². The van der Waals surface area contributed by atoms with Gasteiger partial charge in [-0.05, 0) is 36.4 Å². The zero-order valence-electron chi connectivity index (χ0n) is 10.7. The van der Waals surface area contributed by atoms with E-state index in [-0.39, 0.29) is 5.57 Å². The molecule has 4 nitrogen and oxygen atoms in total. The highest BCUT2D eigenvalue weighted by Crippen LogP contribution is 2.30. The zero-order valence-corrected chi connectivity index (χ0v) is 11.5. The van der Waals surface area contributed by atoms with Crippen LogP contribution in [0, 0.1) is 0 Å². The van der Waals surface area contributed by atoms with E-state index in [1.807, 2.05) is 0 Å². The highest BCUT2D eigenvalue weighted by Gasteiger charge is 2.16. The van der Waals surface area contributed by atoms with E-state index in [0.717, 1.165) is 0 Å². The van der Waals surface area contributed by atoms with Crippen molar-refractivity contribution in [2.24, 2.45) is 0 Å². The van der Waals surface area contributed by atoms with Crippen molar-refractivity contribution in [3.05, 3.63) is 58.9 Å². The first-order valence-corrected chi connectivity index (χ1v) is 6.19. The van der Waals surface area contributed by atoms with Gasteiger partial charge in [0.05, 0.1) is 18.4 Å². The van der Waals surface area contributed by atoms with E-state index in [4.69, 9.17) is 16.3 Å². The largest absolute Gasteiger partial charge is 0.496 e. The van der Waals surface area contributed by atoms with E-state index in [9.17, 15) is 9.90 Å². The molecule has 0 aliphatic rings. The number of carboxylic acids is 1. The second kappa shape index (κ2) is 6.21. The van der Waals surface area contributed by atoms with Crippen molar-refractivity contribution in [3.63, 3.8) is 0 Å². The summed E-state index contributed by atoms with van der Waals surface area (Å²) >= 11 is 5.93. The number of methoxy groups -OCH3 is 1. The fourth-order valence-corrected chi connectivity index (χ4v) is 1.93. The molecule has 0 amide bonds. The minimum atomic E-state index is -1.07. The lowest BCUT2D eigenvalue weighted by molar-refractivity contribution is -0.130. The summed E-state index contributed by atoms with van der Waals surface area (Å²) in [5, 5.41) is 9.84. The first-order chi connectivity index (χ1) is 9.61. The Kier molecular flexibility index (Phi) is 4.38. The highest BCUT2D eigenvalue weighted by atomic mass is 35.5. The molecule has 0 spiro atoms. The van der Waals surface area contributed by atoms with Crippen LogP contribution in [0.15, 0.2) is 42.6 Å². The summed E-state index contributed by atoms with van der Waals surface area (Å²) in [6, 6.07) is 10.1. The van der Waals surface area contributed by atoms with Gasteiger partial charge in [-0.25, -0.2) is 4.79 Å². The maximum Gasteiger partial charge on any atom is 0.336 e. The number of aliphatic carboxylic acids is 1. The van der Waals surface area contributed by atoms with Gasteiger partial charge in [-0.1, -0.05) is 17.7 Å². The normalized spacial score (nSPS) is 11.2. The zero-order chi connectivity index (χ0) is 14.5. The van der Waals surface area contributed by atoms with E-state index in [1.54, 1.807) is 42.6 Å². The number of carbonyl (C=O) groups is 1. The molecule has 0 saturated carbocycles. The smallest absolute Gasteiger partial charge is 0.336 e. The van der Waals surface area contributed by atoms with Crippen molar-refractivity contribution in [3.8, 4) is 5.75 Å². The lowest BCUT2D eigenvalue weighted by Crippen LogP contribution is -2.02. The van der Waals surface area contributed by atoms with Crippen molar-refractivity contribution in [2.45, 2.75) is 0 Å². The van der Waals surface area contributed by atoms with Crippen LogP contribution in [0.25, 0.3) is 11.6 Å². The van der Waals surface area contributed by atoms with Crippen molar-refractivity contribution >= 4 is 29.2 Å². The Hall–Kier alpha value is -2.33. The molecule has 0 unspecified atom stereocenters. The summed E-state index contributed by atoms with van der Waals surface area (Å²) in [5.74, 6) is -0.629. The van der Waals surface area contributed by atoms with Crippen LogP contribution in [0.4, 0.5) is 0 Å². The van der Waals surface area contributed by atoms with Crippen molar-refractivity contribution in [2.75, 3.05) is 7.11 Å². The van der Waals surface area contributed by atoms with Crippen LogP contribution in [-0.2, 0) is 4.79 Å². The third-order valence-corrected chi connectivity index (χ3v) is 2.90. The molecule has 0 atom stereocenters. The number of hydrogen-bond acceptors (Lipinski definition) is 3. The number of aromatic nitrogens is 1. The van der Waals surface area contributed by atoms with Gasteiger partial charge in [0.2, 0.25) is 0 Å². The van der Waals surface area contributed by atoms with Gasteiger partial charge >= 0.3 is 5.97 Å². The van der Waals surface area contributed by atoms with Gasteiger partial charge in [-0.3, -0.25) is 4.98 Å². The molecule has 20 heavy (non-hydrogen) atoms. The maximum absolute atomic E-state index is 11.5. The molecular weight excluding hydrogens is 278 g/mol. The molecule has 0 saturated heterocycles. The van der Waals surface area contributed by atoms with Gasteiger partial charge in [0.25, 0.3) is 0 Å². The molecule has 1 aromatic carbocycles. The van der Waals surface area contributed by atoms with E-state index in [2.05, 4.69) is 4.98 Å². The van der Waals surface area contributed by atoms with Crippen molar-refractivity contribution in [1.82, 2.24) is 4.98 Å². The van der Waals surface area contributed by atoms with Gasteiger partial charge in [0.1, 0.15) is 5.75 Å². The number of halogens is 1. The van der Waals surface area contributed by atoms with E-state index in [0.29, 0.717) is 22.0 Å². The Morgan fingerprint density at radius 1 is 1.35 bits per heavy atom. The Morgan fingerprint density at radius 3 is 2.75 bits per heavy atom. The van der Waals surface area contributed by atoms with Crippen LogP contribution >= 0.6 is 11.6 Å². The molecule has 5 heteroatoms. The number of ether oxygens (including phenoxy) is 1. The maximum atomic E-state index is 11.5. The summed E-state index contributed by atoms with van der Waals surface area (Å²) in [4.78, 5) is 15.6. The molecule has 2 rings (SSSR count). The van der Waals surface area contributed by atoms with E-state index >= 15 is 0 Å². The molecule has 0 fully saturated rings. The lowest BCUT2D eigenvalue weighted by atomic mass is 10.0. The van der Waals surface area contributed by atoms with Crippen LogP contribution in [0.3, 0.4) is 0 Å². The molecule has 102 valence electrons. The molecular formula is C15H12ClNO3. The van der Waals surface area contributed by atoms with Crippen LogP contribution in [-0.4, -0.2) is 23.2 Å². The number of carboxylic acid groups (broad SMARTS) is 1. The van der Waals surface area contributed by atoms with Gasteiger partial charge in [0.15, 0.2) is 0 Å². The minimum absolute atomic E-state index is 0.0723. The number of rotatable bonds is 4. The average molecular weight is 290 g/mol. The van der Waals surface area contributed by atoms with Crippen LogP contribution < -0.4 is 4.74 Å². The van der Waals surface area contributed by atoms with E-state index < -0.39 is 5.97 Å². The van der Waals surface area contributed by atoms with Crippen molar-refractivity contribution < 1.29 is 14.6 Å². The molecule has 1 aromatic heterocycles. The molecule has 0 bridgehead atoms. The Morgan fingerprint density at radius 2 is 2.15 bits per heavy atom. The molecule has 0 radical (unpaired) electrons. The van der Waals surface area contributed by atoms with Gasteiger partial charge in [-0.2, -0.15) is 0 Å². The van der Waals surface area contributed by atoms with Crippen LogP contribution in [0.2, 0.25) is 5.02 Å². The second-order valence-electron chi connectivity index (χ2n) is 3.96. The monoisotopic (exact) mass is 289 g/mol. The molecule has 2 aromatic rings. The Bertz CT molecular complexity index is 653. The summed E-state index contributed by atoms with van der Waals surface area (Å²) in [7, 11) is 1.48. The third-order valence-electron chi connectivity index (χ3n) is 2.66. The van der Waals surface area contributed by atoms with Gasteiger partial charge < -0.3 is 9.84 Å². The summed E-state index contributed by atoms with van der Waals surface area (Å²) in [6.07, 6.45) is 3.08. The highest BCUT2D eigenvalue weighted by molar-refractivity contribution is 6.31. The topological polar surface area (TPSA) is 59.4 Å². The number of nitrogens with zero attached hydrogens (tertiary/aromatic N) is 1. The number of benzene rings is 1. The Labute approximate surface area is 121 Å². The number of pyridine rings is 1. The molecule has 1 heterocycles. The van der Waals surface area contributed by atoms with Gasteiger partial charge in [-0.15, -0.1) is 0 Å². The van der Waals surface area contributed by atoms with Crippen LogP contribution in [0.5, 0.6) is 5.75 Å². The fourth-order valence-electron chi connectivity index (χ4n) is 1.75. The third kappa shape index (κ3) is 3.16. The summed E-state index contributed by atoms with van der Waals surface area (Å²) < 4.78 is 5.19. The predicted molar refractivity (Wildman–Crippen MR) is 77.7 cm³/mol. The number of hydrogen-bond donors (Lipinski definition) is 1. The molecule has 1 N–H and O–H groups in total. The summed E-state index contributed by atoms with van der Waals surface area (Å²) in [5.41, 5.74) is 1.04. The fraction of sp³-hybridized carbons (Fsp3) is 0.0667. The predicted octanol–water partition coefficient (Wildman–Crippen LogP) is 3.37. The molecule has 0 aliphatic carbocycles. The average Bonchev–Trinajstić information content (AvgIpc) is 2.45. The first kappa shape index (κ1) is 14.1. The first-order valence-electron chi connectivity index (χ1n) is 5.81.